The molecule has 3 N–H and O–H groups in total. The van der Waals surface area contributed by atoms with Gasteiger partial charge in [0.05, 0.1) is 6.61 Å². The van der Waals surface area contributed by atoms with Crippen LogP contribution in [0.15, 0.2) is 22.7 Å². The van der Waals surface area contributed by atoms with E-state index in [4.69, 9.17) is 10.6 Å². The van der Waals surface area contributed by atoms with Gasteiger partial charge in [0.2, 0.25) is 0 Å². The molecule has 0 aliphatic rings. The SMILES string of the molecule is CC(C)CONC(=O)c1cc(N)cc(Br)c1. The molecule has 0 unspecified atom stereocenters. The van der Waals surface area contributed by atoms with E-state index in [0.29, 0.717) is 23.8 Å². The van der Waals surface area contributed by atoms with Gasteiger partial charge in [0.15, 0.2) is 0 Å². The molecule has 16 heavy (non-hydrogen) atoms. The Labute approximate surface area is 103 Å². The van der Waals surface area contributed by atoms with E-state index >= 15 is 0 Å². The Bertz CT molecular complexity index is 360. The maximum atomic E-state index is 11.6. The lowest BCUT2D eigenvalue weighted by Gasteiger charge is -2.08. The fraction of sp³-hybridized carbons (Fsp3) is 0.364. The van der Waals surface area contributed by atoms with Gasteiger partial charge in [0.1, 0.15) is 0 Å². The quantitative estimate of drug-likeness (QED) is 0.660. The molecular weight excluding hydrogens is 272 g/mol. The van der Waals surface area contributed by atoms with E-state index in [0.717, 1.165) is 4.47 Å². The van der Waals surface area contributed by atoms with Gasteiger partial charge in [-0.25, -0.2) is 5.48 Å². The van der Waals surface area contributed by atoms with Crippen LogP contribution >= 0.6 is 15.9 Å². The summed E-state index contributed by atoms with van der Waals surface area (Å²) in [4.78, 5) is 16.7. The largest absolute Gasteiger partial charge is 0.399 e. The minimum Gasteiger partial charge on any atom is -0.399 e. The smallest absolute Gasteiger partial charge is 0.274 e. The van der Waals surface area contributed by atoms with Crippen LogP contribution in [-0.4, -0.2) is 12.5 Å². The first-order valence-corrected chi connectivity index (χ1v) is 5.76. The van der Waals surface area contributed by atoms with Crippen LogP contribution < -0.4 is 11.2 Å². The second-order valence-corrected chi connectivity index (χ2v) is 4.82. The highest BCUT2D eigenvalue weighted by molar-refractivity contribution is 9.10. The van der Waals surface area contributed by atoms with Crippen LogP contribution in [0.4, 0.5) is 5.69 Å². The van der Waals surface area contributed by atoms with E-state index in [-0.39, 0.29) is 5.91 Å². The summed E-state index contributed by atoms with van der Waals surface area (Å²) in [6.45, 7) is 4.49. The molecule has 0 bridgehead atoms. The molecule has 0 aliphatic carbocycles. The van der Waals surface area contributed by atoms with Crippen LogP contribution in [0.3, 0.4) is 0 Å². The third-order valence-electron chi connectivity index (χ3n) is 1.76. The predicted octanol–water partition coefficient (Wildman–Crippen LogP) is 2.35. The molecule has 1 amide bonds. The third-order valence-corrected chi connectivity index (χ3v) is 2.22. The molecule has 0 saturated heterocycles. The van der Waals surface area contributed by atoms with Crippen molar-refractivity contribution >= 4 is 27.5 Å². The average molecular weight is 287 g/mol. The number of benzene rings is 1. The van der Waals surface area contributed by atoms with Crippen molar-refractivity contribution in [3.8, 4) is 0 Å². The summed E-state index contributed by atoms with van der Waals surface area (Å²) in [6.07, 6.45) is 0. The summed E-state index contributed by atoms with van der Waals surface area (Å²) >= 11 is 3.27. The van der Waals surface area contributed by atoms with Crippen LogP contribution in [0.2, 0.25) is 0 Å². The first-order valence-electron chi connectivity index (χ1n) is 4.97. The number of hydroxylamine groups is 1. The Balaban J connectivity index is 2.59. The zero-order valence-electron chi connectivity index (χ0n) is 9.29. The van der Waals surface area contributed by atoms with Gasteiger partial charge in [0.25, 0.3) is 5.91 Å². The highest BCUT2D eigenvalue weighted by atomic mass is 79.9. The van der Waals surface area contributed by atoms with Gasteiger partial charge in [-0.05, 0) is 24.1 Å². The number of carbonyl (C=O) groups excluding carboxylic acids is 1. The third kappa shape index (κ3) is 4.20. The molecule has 88 valence electrons. The van der Waals surface area contributed by atoms with E-state index in [9.17, 15) is 4.79 Å². The first-order chi connectivity index (χ1) is 7.49. The van der Waals surface area contributed by atoms with E-state index in [1.807, 2.05) is 13.8 Å². The lowest BCUT2D eigenvalue weighted by Crippen LogP contribution is -2.25. The fourth-order valence-corrected chi connectivity index (χ4v) is 1.59. The summed E-state index contributed by atoms with van der Waals surface area (Å²) in [6, 6.07) is 5.01. The Morgan fingerprint density at radius 2 is 2.19 bits per heavy atom. The lowest BCUT2D eigenvalue weighted by atomic mass is 10.2. The van der Waals surface area contributed by atoms with Crippen molar-refractivity contribution in [2.75, 3.05) is 12.3 Å². The van der Waals surface area contributed by atoms with Crippen molar-refractivity contribution in [2.45, 2.75) is 13.8 Å². The molecule has 5 heteroatoms. The molecule has 0 saturated carbocycles. The standard InChI is InChI=1S/C11H15BrN2O2/c1-7(2)6-16-14-11(15)8-3-9(12)5-10(13)4-8/h3-5,7H,6,13H2,1-2H3,(H,14,15). The molecule has 1 aromatic carbocycles. The zero-order valence-corrected chi connectivity index (χ0v) is 10.9. The molecule has 0 fully saturated rings. The van der Waals surface area contributed by atoms with Crippen molar-refractivity contribution in [2.24, 2.45) is 5.92 Å². The molecule has 4 nitrogen and oxygen atoms in total. The van der Waals surface area contributed by atoms with E-state index in [2.05, 4.69) is 21.4 Å². The van der Waals surface area contributed by atoms with Crippen LogP contribution in [0, 0.1) is 5.92 Å². The van der Waals surface area contributed by atoms with Crippen LogP contribution in [0.1, 0.15) is 24.2 Å². The van der Waals surface area contributed by atoms with Crippen molar-refractivity contribution < 1.29 is 9.63 Å². The number of hydrogen-bond acceptors (Lipinski definition) is 3. The average Bonchev–Trinajstić information content (AvgIpc) is 2.15. The molecular formula is C11H15BrN2O2. The zero-order chi connectivity index (χ0) is 12.1. The summed E-state index contributed by atoms with van der Waals surface area (Å²) in [5.74, 6) is 0.0709. The lowest BCUT2D eigenvalue weighted by molar-refractivity contribution is 0.0208. The highest BCUT2D eigenvalue weighted by Gasteiger charge is 2.07. The number of nitrogen functional groups attached to an aromatic ring is 1. The van der Waals surface area contributed by atoms with Crippen molar-refractivity contribution in [1.29, 1.82) is 0 Å². The van der Waals surface area contributed by atoms with Gasteiger partial charge in [-0.1, -0.05) is 29.8 Å². The summed E-state index contributed by atoms with van der Waals surface area (Å²) in [7, 11) is 0. The molecule has 1 rings (SSSR count). The molecule has 0 spiro atoms. The van der Waals surface area contributed by atoms with Gasteiger partial charge < -0.3 is 5.73 Å². The van der Waals surface area contributed by atoms with Crippen LogP contribution in [0.25, 0.3) is 0 Å². The topological polar surface area (TPSA) is 64.3 Å². The van der Waals surface area contributed by atoms with Crippen molar-refractivity contribution in [1.82, 2.24) is 5.48 Å². The van der Waals surface area contributed by atoms with Crippen LogP contribution in [0.5, 0.6) is 0 Å². The van der Waals surface area contributed by atoms with E-state index in [1.54, 1.807) is 18.2 Å². The second kappa shape index (κ2) is 5.86. The Hall–Kier alpha value is -1.07. The Kier molecular flexibility index (Phi) is 4.76. The highest BCUT2D eigenvalue weighted by Crippen LogP contribution is 2.17. The summed E-state index contributed by atoms with van der Waals surface area (Å²) < 4.78 is 0.765. The van der Waals surface area contributed by atoms with Crippen molar-refractivity contribution in [3.63, 3.8) is 0 Å². The van der Waals surface area contributed by atoms with Gasteiger partial charge in [0, 0.05) is 15.7 Å². The van der Waals surface area contributed by atoms with Crippen molar-refractivity contribution in [3.05, 3.63) is 28.2 Å². The Morgan fingerprint density at radius 3 is 2.75 bits per heavy atom. The summed E-state index contributed by atoms with van der Waals surface area (Å²) in [5.41, 5.74) is 8.99. The number of rotatable bonds is 4. The normalized spacial score (nSPS) is 10.5. The minimum absolute atomic E-state index is 0.298. The number of halogens is 1. The fourth-order valence-electron chi connectivity index (χ4n) is 1.08. The number of hydrogen-bond donors (Lipinski definition) is 2. The van der Waals surface area contributed by atoms with Gasteiger partial charge in [-0.2, -0.15) is 0 Å². The molecule has 0 radical (unpaired) electrons. The molecule has 1 aromatic rings. The van der Waals surface area contributed by atoms with Gasteiger partial charge in [-0.3, -0.25) is 9.63 Å². The molecule has 0 aliphatic heterocycles. The molecule has 0 heterocycles. The van der Waals surface area contributed by atoms with Gasteiger partial charge in [-0.15, -0.1) is 0 Å². The predicted molar refractivity (Wildman–Crippen MR) is 66.8 cm³/mol. The maximum Gasteiger partial charge on any atom is 0.274 e. The molecule has 0 aromatic heterocycles. The maximum absolute atomic E-state index is 11.6. The number of nitrogens with one attached hydrogen (secondary N) is 1. The number of nitrogens with two attached hydrogens (primary N) is 1. The van der Waals surface area contributed by atoms with E-state index in [1.165, 1.54) is 0 Å². The summed E-state index contributed by atoms with van der Waals surface area (Å²) in [5, 5.41) is 0. The second-order valence-electron chi connectivity index (χ2n) is 3.91. The first kappa shape index (κ1) is 13.0. The monoisotopic (exact) mass is 286 g/mol. The number of amides is 1. The van der Waals surface area contributed by atoms with E-state index < -0.39 is 0 Å². The van der Waals surface area contributed by atoms with Gasteiger partial charge >= 0.3 is 0 Å². The number of carbonyl (C=O) groups is 1. The molecule has 0 atom stereocenters. The minimum atomic E-state index is -0.298. The number of anilines is 1. The Morgan fingerprint density at radius 1 is 1.50 bits per heavy atom. The van der Waals surface area contributed by atoms with Crippen LogP contribution in [-0.2, 0) is 4.84 Å².